The van der Waals surface area contributed by atoms with Crippen LogP contribution in [-0.4, -0.2) is 33.2 Å². The number of likely N-dealkylation sites (tertiary alicyclic amines) is 1. The molecule has 2 amide bonds. The quantitative estimate of drug-likeness (QED) is 0.391. The SMILES string of the molecule is O=C(O)N1C(=O)/C(=C\O)[C@H]2C[C@@H]3CCCC=C3[C@H]21. The number of aliphatic hydroxyl groups is 1. The molecule has 5 heteroatoms. The third-order valence-electron chi connectivity index (χ3n) is 4.36. The van der Waals surface area contributed by atoms with Gasteiger partial charge in [-0.15, -0.1) is 0 Å². The molecule has 1 saturated carbocycles. The third-order valence-corrected chi connectivity index (χ3v) is 4.36. The Labute approximate surface area is 104 Å². The van der Waals surface area contributed by atoms with Crippen LogP contribution in [0.1, 0.15) is 25.7 Å². The Morgan fingerprint density at radius 1 is 1.50 bits per heavy atom. The number of imide groups is 1. The molecular formula is C13H15NO4. The van der Waals surface area contributed by atoms with Gasteiger partial charge in [0.15, 0.2) is 0 Å². The van der Waals surface area contributed by atoms with E-state index in [1.54, 1.807) is 0 Å². The van der Waals surface area contributed by atoms with Gasteiger partial charge < -0.3 is 10.2 Å². The summed E-state index contributed by atoms with van der Waals surface area (Å²) in [6, 6.07) is -0.376. The van der Waals surface area contributed by atoms with Gasteiger partial charge in [0.2, 0.25) is 0 Å². The summed E-state index contributed by atoms with van der Waals surface area (Å²) in [5.41, 5.74) is 1.33. The van der Waals surface area contributed by atoms with Crippen LogP contribution in [0.25, 0.3) is 0 Å². The van der Waals surface area contributed by atoms with Gasteiger partial charge in [-0.25, -0.2) is 9.69 Å². The summed E-state index contributed by atoms with van der Waals surface area (Å²) < 4.78 is 0. The molecule has 0 radical (unpaired) electrons. The summed E-state index contributed by atoms with van der Waals surface area (Å²) in [6.45, 7) is 0. The van der Waals surface area contributed by atoms with Gasteiger partial charge in [0, 0.05) is 5.92 Å². The average Bonchev–Trinajstić information content (AvgIpc) is 2.82. The van der Waals surface area contributed by atoms with E-state index in [0.29, 0.717) is 5.92 Å². The maximum Gasteiger partial charge on any atom is 0.414 e. The van der Waals surface area contributed by atoms with Gasteiger partial charge >= 0.3 is 6.09 Å². The second-order valence-electron chi connectivity index (χ2n) is 5.16. The van der Waals surface area contributed by atoms with Crippen molar-refractivity contribution in [1.82, 2.24) is 4.90 Å². The predicted molar refractivity (Wildman–Crippen MR) is 62.9 cm³/mol. The smallest absolute Gasteiger partial charge is 0.414 e. The first kappa shape index (κ1) is 11.3. The van der Waals surface area contributed by atoms with Gasteiger partial charge in [0.25, 0.3) is 5.91 Å². The highest BCUT2D eigenvalue weighted by Crippen LogP contribution is 2.50. The number of carbonyl (C=O) groups is 2. The van der Waals surface area contributed by atoms with Crippen molar-refractivity contribution in [3.63, 3.8) is 0 Å². The molecule has 5 nitrogen and oxygen atoms in total. The van der Waals surface area contributed by atoms with Crippen LogP contribution in [-0.2, 0) is 4.79 Å². The van der Waals surface area contributed by atoms with Crippen molar-refractivity contribution >= 4 is 12.0 Å². The van der Waals surface area contributed by atoms with Crippen molar-refractivity contribution in [2.24, 2.45) is 11.8 Å². The van der Waals surface area contributed by atoms with Crippen molar-refractivity contribution < 1.29 is 19.8 Å². The summed E-state index contributed by atoms with van der Waals surface area (Å²) in [5, 5.41) is 18.4. The molecule has 96 valence electrons. The van der Waals surface area contributed by atoms with Crippen LogP contribution < -0.4 is 0 Å². The fraction of sp³-hybridized carbons (Fsp3) is 0.538. The minimum atomic E-state index is -1.22. The number of aliphatic hydroxyl groups excluding tert-OH is 1. The molecular weight excluding hydrogens is 234 g/mol. The molecule has 0 bridgehead atoms. The highest BCUT2D eigenvalue weighted by atomic mass is 16.4. The Hall–Kier alpha value is -1.78. The van der Waals surface area contributed by atoms with Crippen molar-refractivity contribution in [3.8, 4) is 0 Å². The Balaban J connectivity index is 2.06. The van der Waals surface area contributed by atoms with Gasteiger partial charge in [0.1, 0.15) is 0 Å². The largest absolute Gasteiger partial charge is 0.515 e. The molecule has 0 aromatic rings. The number of rotatable bonds is 0. The Bertz CT molecular complexity index is 479. The van der Waals surface area contributed by atoms with Crippen molar-refractivity contribution in [1.29, 1.82) is 0 Å². The van der Waals surface area contributed by atoms with E-state index in [4.69, 9.17) is 0 Å². The van der Waals surface area contributed by atoms with Crippen LogP contribution in [0.2, 0.25) is 0 Å². The summed E-state index contributed by atoms with van der Waals surface area (Å²) in [6.07, 6.45) is 5.56. The lowest BCUT2D eigenvalue weighted by atomic mass is 9.89. The molecule has 2 N–H and O–H groups in total. The molecule has 3 aliphatic rings. The van der Waals surface area contributed by atoms with Crippen LogP contribution in [0.5, 0.6) is 0 Å². The van der Waals surface area contributed by atoms with E-state index < -0.39 is 12.0 Å². The van der Waals surface area contributed by atoms with Gasteiger partial charge in [0.05, 0.1) is 17.9 Å². The van der Waals surface area contributed by atoms with Gasteiger partial charge in [-0.3, -0.25) is 4.79 Å². The Morgan fingerprint density at radius 3 is 2.94 bits per heavy atom. The monoisotopic (exact) mass is 249 g/mol. The molecule has 2 fully saturated rings. The number of carbonyl (C=O) groups excluding carboxylic acids is 1. The lowest BCUT2D eigenvalue weighted by molar-refractivity contribution is -0.123. The van der Waals surface area contributed by atoms with Gasteiger partial charge in [-0.1, -0.05) is 6.08 Å². The first-order valence-corrected chi connectivity index (χ1v) is 6.26. The molecule has 0 aromatic carbocycles. The molecule has 1 heterocycles. The normalized spacial score (nSPS) is 36.6. The first-order chi connectivity index (χ1) is 8.65. The van der Waals surface area contributed by atoms with E-state index in [9.17, 15) is 19.8 Å². The zero-order valence-corrected chi connectivity index (χ0v) is 9.87. The molecule has 2 aliphatic carbocycles. The van der Waals surface area contributed by atoms with Crippen molar-refractivity contribution in [2.75, 3.05) is 0 Å². The maximum atomic E-state index is 12.0. The van der Waals surface area contributed by atoms with E-state index in [0.717, 1.165) is 42.4 Å². The molecule has 3 rings (SSSR count). The van der Waals surface area contributed by atoms with E-state index in [1.165, 1.54) is 0 Å². The molecule has 18 heavy (non-hydrogen) atoms. The van der Waals surface area contributed by atoms with Crippen LogP contribution in [0.4, 0.5) is 4.79 Å². The second-order valence-corrected chi connectivity index (χ2v) is 5.16. The zero-order valence-electron chi connectivity index (χ0n) is 9.87. The summed E-state index contributed by atoms with van der Waals surface area (Å²) >= 11 is 0. The van der Waals surface area contributed by atoms with E-state index >= 15 is 0 Å². The van der Waals surface area contributed by atoms with Crippen molar-refractivity contribution in [2.45, 2.75) is 31.7 Å². The highest BCUT2D eigenvalue weighted by Gasteiger charge is 2.54. The van der Waals surface area contributed by atoms with Crippen LogP contribution in [0, 0.1) is 11.8 Å². The Kier molecular flexibility index (Phi) is 2.43. The topological polar surface area (TPSA) is 77.8 Å². The van der Waals surface area contributed by atoms with Crippen LogP contribution >= 0.6 is 0 Å². The number of hydrogen-bond donors (Lipinski definition) is 2. The minimum absolute atomic E-state index is 0.159. The standard InChI is InChI=1S/C13H15NO4/c15-6-10-9-5-7-3-1-2-4-8(7)11(9)14(12(10)16)13(17)18/h4,6-7,9,11,15H,1-3,5H2,(H,17,18)/b10-6-/t7-,9+,11+/m0/s1. The summed E-state index contributed by atoms with van der Waals surface area (Å²) in [4.78, 5) is 24.1. The first-order valence-electron chi connectivity index (χ1n) is 6.26. The van der Waals surface area contributed by atoms with E-state index in [2.05, 4.69) is 6.08 Å². The summed E-state index contributed by atoms with van der Waals surface area (Å²) in [5.74, 6) is -0.350. The molecule has 0 spiro atoms. The number of carboxylic acid groups (broad SMARTS) is 1. The predicted octanol–water partition coefficient (Wildman–Crippen LogP) is 2.06. The summed E-state index contributed by atoms with van der Waals surface area (Å²) in [7, 11) is 0. The second kappa shape index (κ2) is 3.86. The van der Waals surface area contributed by atoms with E-state index in [-0.39, 0.29) is 17.5 Å². The zero-order chi connectivity index (χ0) is 12.9. The highest BCUT2D eigenvalue weighted by molar-refractivity contribution is 6.05. The number of hydrogen-bond acceptors (Lipinski definition) is 3. The lowest BCUT2D eigenvalue weighted by Gasteiger charge is -2.24. The number of allylic oxidation sites excluding steroid dienone is 1. The minimum Gasteiger partial charge on any atom is -0.515 e. The van der Waals surface area contributed by atoms with Crippen LogP contribution in [0.15, 0.2) is 23.5 Å². The maximum absolute atomic E-state index is 12.0. The molecule has 1 saturated heterocycles. The lowest BCUT2D eigenvalue weighted by Crippen LogP contribution is -2.39. The van der Waals surface area contributed by atoms with Gasteiger partial charge in [-0.2, -0.15) is 0 Å². The molecule has 3 atom stereocenters. The van der Waals surface area contributed by atoms with Crippen LogP contribution in [0.3, 0.4) is 0 Å². The average molecular weight is 249 g/mol. The fourth-order valence-corrected chi connectivity index (χ4v) is 3.66. The van der Waals surface area contributed by atoms with Crippen molar-refractivity contribution in [3.05, 3.63) is 23.5 Å². The number of nitrogens with zero attached hydrogens (tertiary/aromatic N) is 1. The van der Waals surface area contributed by atoms with Gasteiger partial charge in [-0.05, 0) is 37.2 Å². The fourth-order valence-electron chi connectivity index (χ4n) is 3.66. The molecule has 0 unspecified atom stereocenters. The van der Waals surface area contributed by atoms with E-state index in [1.807, 2.05) is 0 Å². The Morgan fingerprint density at radius 2 is 2.28 bits per heavy atom. The molecule has 1 aliphatic heterocycles. The number of amides is 2. The molecule has 0 aromatic heterocycles. The number of fused-ring (bicyclic) bond motifs is 3. The third kappa shape index (κ3) is 1.33.